The van der Waals surface area contributed by atoms with Crippen LogP contribution >= 0.6 is 31.9 Å². The number of nitrogens with one attached hydrogen (secondary N) is 1. The van der Waals surface area contributed by atoms with Gasteiger partial charge in [0.2, 0.25) is 0 Å². The van der Waals surface area contributed by atoms with Crippen LogP contribution in [0.15, 0.2) is 21.1 Å². The Labute approximate surface area is 138 Å². The van der Waals surface area contributed by atoms with Crippen molar-refractivity contribution in [2.24, 2.45) is 5.92 Å². The maximum Gasteiger partial charge on any atom is 0.148 e. The zero-order chi connectivity index (χ0) is 15.3. The predicted molar refractivity (Wildman–Crippen MR) is 90.2 cm³/mol. The second-order valence-electron chi connectivity index (χ2n) is 5.48. The highest BCUT2D eigenvalue weighted by atomic mass is 79.9. The normalized spacial score (nSPS) is 14.4. The molecule has 2 unspecified atom stereocenters. The molecule has 0 spiro atoms. The first-order chi connectivity index (χ1) is 9.31. The monoisotopic (exact) mass is 407 g/mol. The number of halogens is 2. The van der Waals surface area contributed by atoms with Gasteiger partial charge in [-0.25, -0.2) is 0 Å². The summed E-state index contributed by atoms with van der Waals surface area (Å²) in [6.45, 7) is 9.76. The number of aliphatic hydroxyl groups excluding tert-OH is 1. The van der Waals surface area contributed by atoms with Crippen LogP contribution in [0.3, 0.4) is 0 Å². The van der Waals surface area contributed by atoms with Crippen molar-refractivity contribution < 1.29 is 9.84 Å². The molecular weight excluding hydrogens is 386 g/mol. The Kier molecular flexibility index (Phi) is 7.51. The van der Waals surface area contributed by atoms with Crippen molar-refractivity contribution in [3.63, 3.8) is 0 Å². The number of ether oxygens (including phenoxy) is 1. The van der Waals surface area contributed by atoms with Crippen molar-refractivity contribution in [3.05, 3.63) is 26.6 Å². The molecule has 0 fully saturated rings. The number of benzene rings is 1. The molecule has 0 heterocycles. The van der Waals surface area contributed by atoms with Gasteiger partial charge in [-0.2, -0.15) is 0 Å². The van der Waals surface area contributed by atoms with Crippen molar-refractivity contribution in [3.8, 4) is 5.75 Å². The predicted octanol–water partition coefficient (Wildman–Crippen LogP) is 4.11. The average molecular weight is 409 g/mol. The second kappa shape index (κ2) is 8.37. The van der Waals surface area contributed by atoms with Gasteiger partial charge in [-0.3, -0.25) is 0 Å². The molecule has 1 rings (SSSR count). The van der Waals surface area contributed by atoms with E-state index in [1.807, 2.05) is 19.1 Å². The van der Waals surface area contributed by atoms with Gasteiger partial charge in [0.1, 0.15) is 11.9 Å². The third-order valence-corrected chi connectivity index (χ3v) is 4.10. The maximum absolute atomic E-state index is 9.52. The van der Waals surface area contributed by atoms with E-state index < -0.39 is 6.10 Å². The Balaban J connectivity index is 2.76. The molecule has 0 radical (unpaired) electrons. The van der Waals surface area contributed by atoms with E-state index in [9.17, 15) is 5.11 Å². The van der Waals surface area contributed by atoms with E-state index in [-0.39, 0.29) is 6.10 Å². The quantitative estimate of drug-likeness (QED) is 0.713. The summed E-state index contributed by atoms with van der Waals surface area (Å²) in [7, 11) is 0. The summed E-state index contributed by atoms with van der Waals surface area (Å²) in [5.41, 5.74) is 1.18. The number of hydrogen-bond acceptors (Lipinski definition) is 3. The molecule has 0 amide bonds. The summed E-state index contributed by atoms with van der Waals surface area (Å²) in [6.07, 6.45) is -0.770. The van der Waals surface area contributed by atoms with Gasteiger partial charge in [0.25, 0.3) is 0 Å². The van der Waals surface area contributed by atoms with Crippen LogP contribution in [0.2, 0.25) is 0 Å². The molecule has 0 aliphatic carbocycles. The molecule has 0 aromatic heterocycles. The topological polar surface area (TPSA) is 41.5 Å². The molecule has 0 saturated heterocycles. The molecule has 2 N–H and O–H groups in total. The first-order valence-electron chi connectivity index (χ1n) is 6.84. The van der Waals surface area contributed by atoms with Gasteiger partial charge >= 0.3 is 0 Å². The second-order valence-corrected chi connectivity index (χ2v) is 7.19. The summed E-state index contributed by atoms with van der Waals surface area (Å²) in [5, 5.41) is 12.9. The van der Waals surface area contributed by atoms with Gasteiger partial charge in [-0.1, -0.05) is 13.8 Å². The van der Waals surface area contributed by atoms with E-state index in [1.165, 1.54) is 5.56 Å². The Morgan fingerprint density at radius 2 is 1.70 bits per heavy atom. The first-order valence-corrected chi connectivity index (χ1v) is 8.43. The molecular formula is C15H23Br2NO2. The lowest BCUT2D eigenvalue weighted by molar-refractivity contribution is 0.0594. The van der Waals surface area contributed by atoms with Gasteiger partial charge in [0, 0.05) is 6.54 Å². The summed E-state index contributed by atoms with van der Waals surface area (Å²) < 4.78 is 7.55. The van der Waals surface area contributed by atoms with Crippen LogP contribution in [-0.2, 0) is 6.54 Å². The fourth-order valence-electron chi connectivity index (χ4n) is 1.62. The van der Waals surface area contributed by atoms with Crippen molar-refractivity contribution in [2.45, 2.75) is 46.4 Å². The number of rotatable bonds is 7. The van der Waals surface area contributed by atoms with Gasteiger partial charge in [0.15, 0.2) is 0 Å². The molecule has 1 aromatic rings. The van der Waals surface area contributed by atoms with Crippen LogP contribution in [0.1, 0.15) is 33.3 Å². The molecule has 0 aliphatic rings. The Bertz CT molecular complexity index is 413. The van der Waals surface area contributed by atoms with Crippen LogP contribution in [0.5, 0.6) is 5.75 Å². The smallest absolute Gasteiger partial charge is 0.148 e. The van der Waals surface area contributed by atoms with Crippen LogP contribution < -0.4 is 10.1 Å². The van der Waals surface area contributed by atoms with E-state index in [1.54, 1.807) is 6.92 Å². The lowest BCUT2D eigenvalue weighted by Gasteiger charge is -2.20. The largest absolute Gasteiger partial charge is 0.486 e. The zero-order valence-corrected chi connectivity index (χ0v) is 15.6. The van der Waals surface area contributed by atoms with E-state index >= 15 is 0 Å². The summed E-state index contributed by atoms with van der Waals surface area (Å²) in [4.78, 5) is 0. The van der Waals surface area contributed by atoms with Gasteiger partial charge in [0.05, 0.1) is 15.0 Å². The summed E-state index contributed by atoms with van der Waals surface area (Å²) in [6, 6.07) is 4.09. The molecule has 3 nitrogen and oxygen atoms in total. The number of hydrogen-bond donors (Lipinski definition) is 2. The molecule has 0 saturated carbocycles. The van der Waals surface area contributed by atoms with Gasteiger partial charge < -0.3 is 15.2 Å². The first kappa shape index (κ1) is 18.0. The third kappa shape index (κ3) is 5.72. The van der Waals surface area contributed by atoms with Crippen molar-refractivity contribution in [1.29, 1.82) is 0 Å². The molecule has 5 heteroatoms. The van der Waals surface area contributed by atoms with Crippen molar-refractivity contribution in [2.75, 3.05) is 6.54 Å². The van der Waals surface area contributed by atoms with Gasteiger partial charge in [-0.05, 0) is 75.9 Å². The number of aliphatic hydroxyl groups is 1. The van der Waals surface area contributed by atoms with E-state index in [2.05, 4.69) is 51.0 Å². The standard InChI is InChI=1S/C15H23Br2NO2/c1-9(2)7-18-8-12-5-13(16)15(14(17)6-12)20-11(4)10(3)19/h5-6,9-11,18-19H,7-8H2,1-4H3. The minimum Gasteiger partial charge on any atom is -0.486 e. The van der Waals surface area contributed by atoms with Crippen molar-refractivity contribution in [1.82, 2.24) is 5.32 Å². The highest BCUT2D eigenvalue weighted by Gasteiger charge is 2.15. The van der Waals surface area contributed by atoms with E-state index in [0.717, 1.165) is 27.8 Å². The highest BCUT2D eigenvalue weighted by Crippen LogP contribution is 2.35. The minimum absolute atomic E-state index is 0.257. The fourth-order valence-corrected chi connectivity index (χ4v) is 3.08. The Morgan fingerprint density at radius 1 is 1.15 bits per heavy atom. The Hall–Kier alpha value is -0.100. The lowest BCUT2D eigenvalue weighted by Crippen LogP contribution is -2.26. The minimum atomic E-state index is -0.513. The molecule has 20 heavy (non-hydrogen) atoms. The van der Waals surface area contributed by atoms with Crippen LogP contribution in [0.25, 0.3) is 0 Å². The average Bonchev–Trinajstić information content (AvgIpc) is 2.32. The Morgan fingerprint density at radius 3 is 2.15 bits per heavy atom. The highest BCUT2D eigenvalue weighted by molar-refractivity contribution is 9.11. The molecule has 1 aromatic carbocycles. The van der Waals surface area contributed by atoms with E-state index in [4.69, 9.17) is 4.74 Å². The molecule has 0 aliphatic heterocycles. The summed E-state index contributed by atoms with van der Waals surface area (Å²) in [5.74, 6) is 1.36. The van der Waals surface area contributed by atoms with E-state index in [0.29, 0.717) is 5.92 Å². The fraction of sp³-hybridized carbons (Fsp3) is 0.600. The molecule has 2 atom stereocenters. The lowest BCUT2D eigenvalue weighted by atomic mass is 10.2. The van der Waals surface area contributed by atoms with Crippen LogP contribution in [-0.4, -0.2) is 23.9 Å². The third-order valence-electron chi connectivity index (χ3n) is 2.92. The molecule has 114 valence electrons. The summed E-state index contributed by atoms with van der Waals surface area (Å²) >= 11 is 7.06. The van der Waals surface area contributed by atoms with Gasteiger partial charge in [-0.15, -0.1) is 0 Å². The SMILES string of the molecule is CC(C)CNCc1cc(Br)c(OC(C)C(C)O)c(Br)c1. The molecule has 0 bridgehead atoms. The van der Waals surface area contributed by atoms with Crippen molar-refractivity contribution >= 4 is 31.9 Å². The van der Waals surface area contributed by atoms with Crippen LogP contribution in [0.4, 0.5) is 0 Å². The van der Waals surface area contributed by atoms with Crippen LogP contribution in [0, 0.1) is 5.92 Å². The zero-order valence-electron chi connectivity index (χ0n) is 12.4. The maximum atomic E-state index is 9.52.